The summed E-state index contributed by atoms with van der Waals surface area (Å²) in [6.45, 7) is 2.28. The highest BCUT2D eigenvalue weighted by Crippen LogP contribution is 2.34. The van der Waals surface area contributed by atoms with Crippen molar-refractivity contribution in [3.8, 4) is 11.5 Å². The lowest BCUT2D eigenvalue weighted by molar-refractivity contribution is -0.778. The second-order valence-corrected chi connectivity index (χ2v) is 9.22. The minimum Gasteiger partial charge on any atom is -0.456 e. The molecule has 0 aliphatic carbocycles. The standard InChI is InChI=1S/C26H25N7O5/c1-16-8-10-27-21(13-16)30-25(35)17-4-6-19(7-5-17)38-20-9-11-28-23-22(20)24(32-31-23)29-18-3-2-12-33(14-18,15-34)26(36)37/h4-11,13,15,18H,2-3,12,14H2,1H3,(H3-,27,28,29,30,31,32,35,36,37)/p+1/t18-,33?/m1/s1. The number of hydrogen-bond acceptors (Lipinski definition) is 8. The number of amides is 3. The molecule has 4 N–H and O–H groups in total. The van der Waals surface area contributed by atoms with Crippen molar-refractivity contribution in [3.63, 3.8) is 0 Å². The Hall–Kier alpha value is -4.84. The van der Waals surface area contributed by atoms with Crippen LogP contribution in [0.3, 0.4) is 0 Å². The van der Waals surface area contributed by atoms with Crippen LogP contribution in [0.4, 0.5) is 16.4 Å². The van der Waals surface area contributed by atoms with Gasteiger partial charge in [0.05, 0.1) is 12.6 Å². The largest absolute Gasteiger partial charge is 0.520 e. The van der Waals surface area contributed by atoms with E-state index in [0.717, 1.165) is 5.56 Å². The van der Waals surface area contributed by atoms with Crippen LogP contribution >= 0.6 is 0 Å². The monoisotopic (exact) mass is 516 g/mol. The van der Waals surface area contributed by atoms with Gasteiger partial charge in [0, 0.05) is 24.0 Å². The molecule has 0 spiro atoms. The molecule has 3 amide bonds. The van der Waals surface area contributed by atoms with E-state index in [4.69, 9.17) is 4.74 Å². The average molecular weight is 517 g/mol. The molecule has 1 fully saturated rings. The molecule has 0 radical (unpaired) electrons. The molecule has 0 saturated carbocycles. The van der Waals surface area contributed by atoms with Crippen LogP contribution in [0.25, 0.3) is 11.0 Å². The lowest BCUT2D eigenvalue weighted by atomic mass is 10.0. The van der Waals surface area contributed by atoms with Gasteiger partial charge in [0.1, 0.15) is 29.2 Å². The lowest BCUT2D eigenvalue weighted by Crippen LogP contribution is -2.59. The molecule has 1 saturated heterocycles. The van der Waals surface area contributed by atoms with Crippen LogP contribution in [0.2, 0.25) is 0 Å². The number of ether oxygens (including phenoxy) is 1. The molecule has 1 aliphatic heterocycles. The summed E-state index contributed by atoms with van der Waals surface area (Å²) in [6.07, 6.45) is 3.79. The summed E-state index contributed by atoms with van der Waals surface area (Å²) in [6, 6.07) is 11.7. The number of imide groups is 1. The number of quaternary nitrogens is 1. The smallest absolute Gasteiger partial charge is 0.456 e. The molecule has 1 aromatic carbocycles. The van der Waals surface area contributed by atoms with Gasteiger partial charge < -0.3 is 20.5 Å². The first-order valence-corrected chi connectivity index (χ1v) is 12.0. The van der Waals surface area contributed by atoms with Gasteiger partial charge in [0.15, 0.2) is 11.5 Å². The van der Waals surface area contributed by atoms with Crippen molar-refractivity contribution in [1.29, 1.82) is 0 Å². The maximum absolute atomic E-state index is 12.6. The molecule has 2 atom stereocenters. The second kappa shape index (κ2) is 10.3. The number of carbonyl (C=O) groups excluding carboxylic acids is 2. The molecule has 194 valence electrons. The van der Waals surface area contributed by atoms with Crippen molar-refractivity contribution in [2.45, 2.75) is 25.8 Å². The SMILES string of the molecule is Cc1ccnc(NC(=O)c2ccc(Oc3ccnc4[nH]nc(N[C@@H]5CCC[N+](C=O)(C(=O)O)C5)c34)cc2)c1. The van der Waals surface area contributed by atoms with E-state index in [9.17, 15) is 19.5 Å². The van der Waals surface area contributed by atoms with Gasteiger partial charge in [-0.25, -0.2) is 14.8 Å². The number of H-pyrrole nitrogens is 1. The number of aromatic nitrogens is 4. The Balaban J connectivity index is 1.33. The van der Waals surface area contributed by atoms with E-state index in [2.05, 4.69) is 30.8 Å². The third-order valence-corrected chi connectivity index (χ3v) is 6.50. The number of piperidine rings is 1. The number of benzene rings is 1. The molecule has 38 heavy (non-hydrogen) atoms. The number of aromatic amines is 1. The summed E-state index contributed by atoms with van der Waals surface area (Å²) < 4.78 is 5.46. The third-order valence-electron chi connectivity index (χ3n) is 6.50. The van der Waals surface area contributed by atoms with Crippen LogP contribution in [0.5, 0.6) is 11.5 Å². The maximum Gasteiger partial charge on any atom is 0.520 e. The summed E-state index contributed by atoms with van der Waals surface area (Å²) in [5.74, 6) is 1.60. The molecule has 12 nitrogen and oxygen atoms in total. The summed E-state index contributed by atoms with van der Waals surface area (Å²) in [4.78, 5) is 44.4. The van der Waals surface area contributed by atoms with Crippen molar-refractivity contribution in [1.82, 2.24) is 20.2 Å². The van der Waals surface area contributed by atoms with Gasteiger partial charge in [-0.3, -0.25) is 9.89 Å². The Kier molecular flexibility index (Phi) is 6.71. The first kappa shape index (κ1) is 24.8. The Morgan fingerprint density at radius 1 is 1.16 bits per heavy atom. The molecule has 3 aromatic heterocycles. The quantitative estimate of drug-likeness (QED) is 0.211. The van der Waals surface area contributed by atoms with Crippen molar-refractivity contribution in [3.05, 3.63) is 66.0 Å². The normalized spacial score (nSPS) is 19.0. The highest BCUT2D eigenvalue weighted by atomic mass is 16.5. The highest BCUT2D eigenvalue weighted by Gasteiger charge is 2.42. The van der Waals surface area contributed by atoms with Gasteiger partial charge >= 0.3 is 12.5 Å². The zero-order valence-corrected chi connectivity index (χ0v) is 20.5. The summed E-state index contributed by atoms with van der Waals surface area (Å²) in [5.41, 5.74) is 1.92. The predicted molar refractivity (Wildman–Crippen MR) is 138 cm³/mol. The Bertz CT molecular complexity index is 1500. The topological polar surface area (TPSA) is 159 Å². The molecule has 0 bridgehead atoms. The maximum atomic E-state index is 12.6. The van der Waals surface area contributed by atoms with Crippen molar-refractivity contribution < 1.29 is 28.7 Å². The first-order valence-electron chi connectivity index (χ1n) is 12.0. The number of carbonyl (C=O) groups is 3. The number of pyridine rings is 2. The first-order chi connectivity index (χ1) is 18.4. The number of nitrogens with zero attached hydrogens (tertiary/aromatic N) is 4. The van der Waals surface area contributed by atoms with Gasteiger partial charge in [0.2, 0.25) is 0 Å². The fourth-order valence-corrected chi connectivity index (χ4v) is 4.53. The van der Waals surface area contributed by atoms with E-state index in [1.54, 1.807) is 48.8 Å². The molecule has 12 heteroatoms. The second-order valence-electron chi connectivity index (χ2n) is 9.22. The van der Waals surface area contributed by atoms with Crippen LogP contribution in [0, 0.1) is 6.92 Å². The molecule has 4 aromatic rings. The minimum absolute atomic E-state index is 0.102. The molecular formula is C26H26N7O5+. The van der Waals surface area contributed by atoms with E-state index < -0.39 is 10.6 Å². The van der Waals surface area contributed by atoms with Gasteiger partial charge in [-0.1, -0.05) is 0 Å². The van der Waals surface area contributed by atoms with Crippen molar-refractivity contribution in [2.24, 2.45) is 0 Å². The number of hydrogen-bond donors (Lipinski definition) is 4. The van der Waals surface area contributed by atoms with Crippen LogP contribution in [-0.2, 0) is 4.79 Å². The molecule has 5 rings (SSSR count). The van der Waals surface area contributed by atoms with E-state index in [1.807, 2.05) is 13.0 Å². The van der Waals surface area contributed by atoms with Crippen LogP contribution in [0.15, 0.2) is 54.9 Å². The molecule has 4 heterocycles. The summed E-state index contributed by atoms with van der Waals surface area (Å²) >= 11 is 0. The zero-order valence-electron chi connectivity index (χ0n) is 20.5. The lowest BCUT2D eigenvalue weighted by Gasteiger charge is -2.34. The number of likely N-dealkylation sites (tertiary alicyclic amines) is 1. The zero-order chi connectivity index (χ0) is 26.7. The predicted octanol–water partition coefficient (Wildman–Crippen LogP) is 3.93. The summed E-state index contributed by atoms with van der Waals surface area (Å²) in [7, 11) is 0. The van der Waals surface area contributed by atoms with Gasteiger partial charge in [-0.2, -0.15) is 14.4 Å². The Morgan fingerprint density at radius 2 is 1.95 bits per heavy atom. The fraction of sp³-hybridized carbons (Fsp3) is 0.231. The van der Waals surface area contributed by atoms with Crippen LogP contribution in [0.1, 0.15) is 28.8 Å². The Morgan fingerprint density at radius 3 is 2.68 bits per heavy atom. The number of anilines is 2. The van der Waals surface area contributed by atoms with Crippen molar-refractivity contribution in [2.75, 3.05) is 23.7 Å². The Labute approximate surface area is 217 Å². The number of fused-ring (bicyclic) bond motifs is 1. The number of nitrogens with one attached hydrogen (secondary N) is 3. The van der Waals surface area contributed by atoms with Crippen molar-refractivity contribution >= 4 is 41.1 Å². The molecule has 1 unspecified atom stereocenters. The van der Waals surface area contributed by atoms with E-state index in [0.29, 0.717) is 59.0 Å². The summed E-state index contributed by atoms with van der Waals surface area (Å²) in [5, 5.41) is 23.4. The van der Waals surface area contributed by atoms with E-state index in [-0.39, 0.29) is 25.0 Å². The third kappa shape index (κ3) is 5.02. The molecular weight excluding hydrogens is 490 g/mol. The van der Waals surface area contributed by atoms with Gasteiger partial charge in [0.25, 0.3) is 5.91 Å². The number of rotatable bonds is 7. The van der Waals surface area contributed by atoms with E-state index in [1.165, 1.54) is 0 Å². The number of aryl methyl sites for hydroxylation is 1. The van der Waals surface area contributed by atoms with Crippen LogP contribution < -0.4 is 15.4 Å². The minimum atomic E-state index is -1.17. The number of carboxylic acid groups (broad SMARTS) is 1. The fourth-order valence-electron chi connectivity index (χ4n) is 4.53. The van der Waals surface area contributed by atoms with Gasteiger partial charge in [-0.15, -0.1) is 0 Å². The van der Waals surface area contributed by atoms with Crippen LogP contribution in [-0.4, -0.2) is 67.3 Å². The van der Waals surface area contributed by atoms with Gasteiger partial charge in [-0.05, 0) is 61.7 Å². The average Bonchev–Trinajstić information content (AvgIpc) is 3.32. The highest BCUT2D eigenvalue weighted by molar-refractivity contribution is 6.03. The van der Waals surface area contributed by atoms with E-state index >= 15 is 0 Å². The molecule has 1 aliphatic rings.